The maximum atomic E-state index is 13.9. The number of hydrogen-bond donors (Lipinski definition) is 1. The Balaban J connectivity index is 1.19. The van der Waals surface area contributed by atoms with Gasteiger partial charge < -0.3 is 9.64 Å². The van der Waals surface area contributed by atoms with Crippen LogP contribution in [0.15, 0.2) is 81.9 Å². The molecule has 1 unspecified atom stereocenters. The first kappa shape index (κ1) is 26.7. The molecule has 12 heteroatoms. The van der Waals surface area contributed by atoms with Gasteiger partial charge in [-0.3, -0.25) is 5.01 Å². The molecule has 0 spiro atoms. The molecule has 1 N–H and O–H groups in total. The van der Waals surface area contributed by atoms with Gasteiger partial charge in [-0.2, -0.15) is 10.5 Å². The van der Waals surface area contributed by atoms with Gasteiger partial charge in [0.05, 0.1) is 23.5 Å². The third-order valence-corrected chi connectivity index (χ3v) is 6.95. The molecule has 3 aromatic rings. The average Bonchev–Trinajstić information content (AvgIpc) is 3.36. The van der Waals surface area contributed by atoms with Gasteiger partial charge in [-0.05, 0) is 59.0 Å². The Morgan fingerprint density at radius 2 is 1.82 bits per heavy atom. The van der Waals surface area contributed by atoms with Gasteiger partial charge in [0.1, 0.15) is 24.1 Å². The molecule has 0 radical (unpaired) electrons. The van der Waals surface area contributed by atoms with Crippen LogP contribution in [0.25, 0.3) is 0 Å². The fraction of sp³-hybridized carbons (Fsp3) is 0.222. The number of halogens is 4. The number of hydrogen-bond acceptors (Lipinski definition) is 7. The molecule has 5 rings (SSSR count). The van der Waals surface area contributed by atoms with Crippen LogP contribution in [0.5, 0.6) is 5.75 Å². The number of anilines is 2. The summed E-state index contributed by atoms with van der Waals surface area (Å²) < 4.78 is 54.9. The monoisotopic (exact) mass is 556 g/mol. The maximum absolute atomic E-state index is 13.9. The highest BCUT2D eigenvalue weighted by atomic mass is 32.2. The van der Waals surface area contributed by atoms with E-state index in [0.717, 1.165) is 22.4 Å². The first-order valence-corrected chi connectivity index (χ1v) is 13.0. The Hall–Kier alpha value is -3.90. The van der Waals surface area contributed by atoms with Gasteiger partial charge in [0.25, 0.3) is 0 Å². The molecular formula is C27H24F4N6OS. The lowest BCUT2D eigenvalue weighted by molar-refractivity contribution is -0.274. The van der Waals surface area contributed by atoms with Gasteiger partial charge in [0, 0.05) is 0 Å². The lowest BCUT2D eigenvalue weighted by Crippen LogP contribution is -2.39. The lowest BCUT2D eigenvalue weighted by Gasteiger charge is -2.35. The number of nitrogens with one attached hydrogen (secondary N) is 1. The molecule has 1 fully saturated rings. The molecule has 0 amide bonds. The quantitative estimate of drug-likeness (QED) is 0.197. The normalized spacial score (nSPS) is 18.4. The Morgan fingerprint density at radius 1 is 1.08 bits per heavy atom. The fourth-order valence-corrected chi connectivity index (χ4v) is 4.75. The van der Waals surface area contributed by atoms with E-state index in [1.165, 1.54) is 36.4 Å². The van der Waals surface area contributed by atoms with Gasteiger partial charge in [-0.25, -0.2) is 9.38 Å². The highest BCUT2D eigenvalue weighted by molar-refractivity contribution is 8.16. The number of hydrazine groups is 1. The minimum Gasteiger partial charge on any atom is -0.406 e. The molecule has 7 nitrogen and oxygen atoms in total. The smallest absolute Gasteiger partial charge is 0.406 e. The summed E-state index contributed by atoms with van der Waals surface area (Å²) in [5.41, 5.74) is 7.39. The number of aliphatic imine (C=N–C) groups is 1. The zero-order valence-electron chi connectivity index (χ0n) is 20.9. The summed E-state index contributed by atoms with van der Waals surface area (Å²) in [7, 11) is 0. The minimum atomic E-state index is -4.74. The van der Waals surface area contributed by atoms with Crippen LogP contribution in [0.1, 0.15) is 42.6 Å². The molecule has 2 heterocycles. The first-order valence-electron chi connectivity index (χ1n) is 12.0. The molecule has 1 saturated heterocycles. The van der Waals surface area contributed by atoms with E-state index < -0.39 is 6.36 Å². The van der Waals surface area contributed by atoms with Crippen molar-refractivity contribution in [2.75, 3.05) is 15.8 Å². The third kappa shape index (κ3) is 6.40. The number of alkyl halides is 3. The summed E-state index contributed by atoms with van der Waals surface area (Å²) in [5.74, 6) is 0.355. The van der Waals surface area contributed by atoms with Crippen LogP contribution in [0.2, 0.25) is 0 Å². The van der Waals surface area contributed by atoms with Crippen molar-refractivity contribution in [1.82, 2.24) is 5.43 Å². The van der Waals surface area contributed by atoms with Gasteiger partial charge >= 0.3 is 6.36 Å². The van der Waals surface area contributed by atoms with E-state index in [2.05, 4.69) is 39.2 Å². The van der Waals surface area contributed by atoms with E-state index in [4.69, 9.17) is 0 Å². The van der Waals surface area contributed by atoms with Gasteiger partial charge in [0.2, 0.25) is 0 Å². The molecule has 0 bridgehead atoms. The van der Waals surface area contributed by atoms with Gasteiger partial charge in [-0.1, -0.05) is 55.9 Å². The second-order valence-electron chi connectivity index (χ2n) is 9.06. The zero-order chi connectivity index (χ0) is 27.6. The molecule has 0 saturated carbocycles. The van der Waals surface area contributed by atoms with Crippen LogP contribution in [0.4, 0.5) is 28.9 Å². The van der Waals surface area contributed by atoms with Crippen LogP contribution >= 0.6 is 11.8 Å². The lowest BCUT2D eigenvalue weighted by atomic mass is 10.0. The van der Waals surface area contributed by atoms with Crippen molar-refractivity contribution in [3.05, 3.63) is 89.2 Å². The Kier molecular flexibility index (Phi) is 7.58. The Labute approximate surface area is 226 Å². The Morgan fingerprint density at radius 3 is 2.46 bits per heavy atom. The topological polar surface area (TPSA) is 64.8 Å². The molecule has 3 aromatic carbocycles. The number of benzene rings is 3. The van der Waals surface area contributed by atoms with E-state index in [1.807, 2.05) is 35.2 Å². The summed E-state index contributed by atoms with van der Waals surface area (Å²) in [5, 5.41) is 10.9. The highest BCUT2D eigenvalue weighted by Gasteiger charge is 2.31. The zero-order valence-corrected chi connectivity index (χ0v) is 21.7. The van der Waals surface area contributed by atoms with E-state index >= 15 is 0 Å². The van der Waals surface area contributed by atoms with E-state index in [-0.39, 0.29) is 23.7 Å². The fourth-order valence-electron chi connectivity index (χ4n) is 4.03. The van der Waals surface area contributed by atoms with Crippen molar-refractivity contribution in [3.63, 3.8) is 0 Å². The van der Waals surface area contributed by atoms with Crippen molar-refractivity contribution in [3.8, 4) is 5.75 Å². The number of rotatable bonds is 7. The molecule has 202 valence electrons. The standard InChI is InChI=1S/C27H24F4N6OS/c1-17(2)23-12-7-20(28)13-24(23)36-16-39-26(36)34-33-14-18-3-5-19(6-4-18)25-32-15-37(35-25)21-8-10-22(11-9-21)38-27(29,30)31/h3-15,17,25,35H,16H2,1-2H3/b33-14+,34-26-. The molecular weight excluding hydrogens is 532 g/mol. The van der Waals surface area contributed by atoms with Crippen LogP contribution < -0.4 is 20.1 Å². The first-order chi connectivity index (χ1) is 18.7. The molecule has 2 aliphatic heterocycles. The summed E-state index contributed by atoms with van der Waals surface area (Å²) in [4.78, 5) is 6.38. The number of amidine groups is 1. The van der Waals surface area contributed by atoms with E-state index in [9.17, 15) is 17.6 Å². The van der Waals surface area contributed by atoms with Crippen molar-refractivity contribution in [2.45, 2.75) is 32.3 Å². The van der Waals surface area contributed by atoms with Crippen molar-refractivity contribution in [1.29, 1.82) is 0 Å². The Bertz CT molecular complexity index is 1410. The molecule has 39 heavy (non-hydrogen) atoms. The van der Waals surface area contributed by atoms with Crippen molar-refractivity contribution >= 4 is 40.9 Å². The van der Waals surface area contributed by atoms with Crippen LogP contribution in [-0.4, -0.2) is 30.0 Å². The number of thioether (sulfide) groups is 1. The minimum absolute atomic E-state index is 0.249. The molecule has 0 aromatic heterocycles. The second-order valence-corrected chi connectivity index (χ2v) is 9.97. The summed E-state index contributed by atoms with van der Waals surface area (Å²) >= 11 is 1.54. The molecule has 1 atom stereocenters. The summed E-state index contributed by atoms with van der Waals surface area (Å²) in [6.45, 7) is 4.14. The average molecular weight is 557 g/mol. The third-order valence-electron chi connectivity index (χ3n) is 6.00. The van der Waals surface area contributed by atoms with Crippen molar-refractivity contribution < 1.29 is 22.3 Å². The SMILES string of the molecule is CC(C)c1ccc(F)cc1N1CS/C1=N\N=C\c1ccc(C2N=CN(c3ccc(OC(F)(F)F)cc3)N2)cc1. The van der Waals surface area contributed by atoms with E-state index in [0.29, 0.717) is 16.7 Å². The number of ether oxygens (including phenoxy) is 1. The largest absolute Gasteiger partial charge is 0.573 e. The van der Waals surface area contributed by atoms with Crippen LogP contribution in [0, 0.1) is 5.82 Å². The maximum Gasteiger partial charge on any atom is 0.573 e. The van der Waals surface area contributed by atoms with Gasteiger partial charge in [0.15, 0.2) is 5.17 Å². The van der Waals surface area contributed by atoms with Crippen molar-refractivity contribution in [2.24, 2.45) is 15.2 Å². The van der Waals surface area contributed by atoms with Crippen LogP contribution in [-0.2, 0) is 0 Å². The summed E-state index contributed by atoms with van der Waals surface area (Å²) in [6, 6.07) is 17.9. The predicted octanol–water partition coefficient (Wildman–Crippen LogP) is 6.80. The van der Waals surface area contributed by atoms with Gasteiger partial charge in [-0.15, -0.1) is 18.3 Å². The number of nitrogens with zero attached hydrogens (tertiary/aromatic N) is 5. The summed E-state index contributed by atoms with van der Waals surface area (Å²) in [6.07, 6.45) is -1.88. The highest BCUT2D eigenvalue weighted by Crippen LogP contribution is 2.36. The predicted molar refractivity (Wildman–Crippen MR) is 147 cm³/mol. The molecule has 2 aliphatic rings. The molecule has 0 aliphatic carbocycles. The second kappa shape index (κ2) is 11.1. The van der Waals surface area contributed by atoms with Crippen LogP contribution in [0.3, 0.4) is 0 Å². The van der Waals surface area contributed by atoms with E-state index in [1.54, 1.807) is 29.3 Å².